The number of piperidine rings is 1. The van der Waals surface area contributed by atoms with E-state index in [-0.39, 0.29) is 24.4 Å². The van der Waals surface area contributed by atoms with Crippen LogP contribution in [0.1, 0.15) is 36.8 Å². The zero-order valence-corrected chi connectivity index (χ0v) is 20.8. The number of hydrogen-bond acceptors (Lipinski definition) is 5. The van der Waals surface area contributed by atoms with E-state index in [1.54, 1.807) is 7.11 Å². The second-order valence-corrected chi connectivity index (χ2v) is 9.71. The van der Waals surface area contributed by atoms with Gasteiger partial charge in [-0.25, -0.2) is 13.2 Å². The smallest absolute Gasteiger partial charge is 0.194 e. The summed E-state index contributed by atoms with van der Waals surface area (Å²) in [4.78, 5) is 6.76. The summed E-state index contributed by atoms with van der Waals surface area (Å²) in [5, 5.41) is 11.4. The van der Waals surface area contributed by atoms with Crippen LogP contribution in [-0.4, -0.2) is 54.9 Å². The lowest BCUT2D eigenvalue weighted by Gasteiger charge is -2.41. The molecule has 194 valence electrons. The van der Waals surface area contributed by atoms with Crippen molar-refractivity contribution >= 4 is 10.9 Å². The van der Waals surface area contributed by atoms with Gasteiger partial charge in [0.2, 0.25) is 0 Å². The summed E-state index contributed by atoms with van der Waals surface area (Å²) in [6.45, 7) is 4.68. The Morgan fingerprint density at radius 1 is 1.06 bits per heavy atom. The predicted octanol–water partition coefficient (Wildman–Crippen LogP) is 5.45. The summed E-state index contributed by atoms with van der Waals surface area (Å²) in [6, 6.07) is 7.66. The van der Waals surface area contributed by atoms with E-state index >= 15 is 0 Å². The third-order valence-electron chi connectivity index (χ3n) is 7.42. The van der Waals surface area contributed by atoms with Gasteiger partial charge in [-0.15, -0.1) is 0 Å². The average Bonchev–Trinajstić information content (AvgIpc) is 2.89. The van der Waals surface area contributed by atoms with Crippen LogP contribution in [-0.2, 0) is 6.42 Å². The Morgan fingerprint density at radius 3 is 2.44 bits per heavy atom. The zero-order chi connectivity index (χ0) is 25.7. The third-order valence-corrected chi connectivity index (χ3v) is 7.42. The van der Waals surface area contributed by atoms with Gasteiger partial charge in [0, 0.05) is 36.9 Å². The van der Waals surface area contributed by atoms with Gasteiger partial charge in [0.15, 0.2) is 17.5 Å². The first kappa shape index (κ1) is 26.2. The molecule has 3 aromatic rings. The first-order valence-electron chi connectivity index (χ1n) is 12.4. The Hall–Kier alpha value is -2.84. The van der Waals surface area contributed by atoms with Gasteiger partial charge in [-0.1, -0.05) is 0 Å². The first-order valence-corrected chi connectivity index (χ1v) is 12.4. The fourth-order valence-electron chi connectivity index (χ4n) is 5.07. The summed E-state index contributed by atoms with van der Waals surface area (Å²) in [5.74, 6) is -3.22. The fraction of sp³-hybridized carbons (Fsp3) is 0.464. The molecule has 0 unspecified atom stereocenters. The van der Waals surface area contributed by atoms with Crippen molar-refractivity contribution in [1.82, 2.24) is 9.88 Å². The zero-order valence-electron chi connectivity index (χ0n) is 20.8. The minimum Gasteiger partial charge on any atom is -0.497 e. The number of rotatable bonds is 10. The molecule has 2 heterocycles. The summed E-state index contributed by atoms with van der Waals surface area (Å²) < 4.78 is 50.6. The van der Waals surface area contributed by atoms with Gasteiger partial charge in [0.05, 0.1) is 12.6 Å². The van der Waals surface area contributed by atoms with Crippen molar-refractivity contribution in [3.05, 3.63) is 65.1 Å². The molecular weight excluding hydrogens is 469 g/mol. The Labute approximate surface area is 209 Å². The third kappa shape index (κ3) is 5.93. The van der Waals surface area contributed by atoms with E-state index < -0.39 is 17.5 Å². The van der Waals surface area contributed by atoms with Crippen LogP contribution >= 0.6 is 0 Å². The van der Waals surface area contributed by atoms with E-state index in [0.717, 1.165) is 79.5 Å². The van der Waals surface area contributed by atoms with Crippen molar-refractivity contribution in [2.24, 2.45) is 5.41 Å². The van der Waals surface area contributed by atoms with E-state index in [0.29, 0.717) is 6.54 Å². The number of benzene rings is 2. The topological polar surface area (TPSA) is 54.8 Å². The van der Waals surface area contributed by atoms with E-state index in [9.17, 15) is 18.3 Å². The molecule has 4 rings (SSSR count). The van der Waals surface area contributed by atoms with Gasteiger partial charge in [0.1, 0.15) is 18.1 Å². The first-order chi connectivity index (χ1) is 17.3. The van der Waals surface area contributed by atoms with Crippen molar-refractivity contribution in [2.75, 3.05) is 40.0 Å². The number of hydrogen-bond donors (Lipinski definition) is 1. The second-order valence-electron chi connectivity index (χ2n) is 9.71. The summed E-state index contributed by atoms with van der Waals surface area (Å²) in [5.41, 5.74) is 3.27. The number of fused-ring (bicyclic) bond motifs is 1. The number of pyridine rings is 1. The van der Waals surface area contributed by atoms with Crippen molar-refractivity contribution in [2.45, 2.75) is 39.0 Å². The summed E-state index contributed by atoms with van der Waals surface area (Å²) in [7, 11) is 1.66. The van der Waals surface area contributed by atoms with Gasteiger partial charge in [-0.2, -0.15) is 0 Å². The maximum Gasteiger partial charge on any atom is 0.194 e. The number of halogens is 3. The molecule has 1 aliphatic heterocycles. The predicted molar refractivity (Wildman–Crippen MR) is 133 cm³/mol. The highest BCUT2D eigenvalue weighted by atomic mass is 19.2. The number of aliphatic hydroxyl groups is 1. The van der Waals surface area contributed by atoms with E-state index in [1.165, 1.54) is 5.56 Å². The standard InChI is InChI=1S/C28H33F3N2O3/c1-19-17-32-26-6-5-20(35-2)14-23(26)22(19)4-3-7-28(18-34)8-10-33(11-9-28)12-13-36-21-15-24(29)27(31)25(30)16-21/h5-6,14-17,34H,3-4,7-13,18H2,1-2H3. The van der Waals surface area contributed by atoms with Crippen molar-refractivity contribution in [1.29, 1.82) is 0 Å². The quantitative estimate of drug-likeness (QED) is 0.374. The molecule has 0 amide bonds. The average molecular weight is 503 g/mol. The van der Waals surface area contributed by atoms with Crippen LogP contribution in [0.25, 0.3) is 10.9 Å². The van der Waals surface area contributed by atoms with Gasteiger partial charge in [0.25, 0.3) is 0 Å². The molecular formula is C28H33F3N2O3. The fourth-order valence-corrected chi connectivity index (χ4v) is 5.07. The molecule has 2 aromatic carbocycles. The minimum atomic E-state index is -1.49. The molecule has 8 heteroatoms. The monoisotopic (exact) mass is 502 g/mol. The lowest BCUT2D eigenvalue weighted by Crippen LogP contribution is -2.43. The number of ether oxygens (including phenoxy) is 2. The van der Waals surface area contributed by atoms with Crippen LogP contribution in [0, 0.1) is 29.8 Å². The Morgan fingerprint density at radius 2 is 1.78 bits per heavy atom. The second kappa shape index (κ2) is 11.5. The highest BCUT2D eigenvalue weighted by molar-refractivity contribution is 5.84. The minimum absolute atomic E-state index is 0.0235. The lowest BCUT2D eigenvalue weighted by atomic mass is 9.75. The van der Waals surface area contributed by atoms with Gasteiger partial charge in [-0.3, -0.25) is 9.88 Å². The highest BCUT2D eigenvalue weighted by Gasteiger charge is 2.33. The van der Waals surface area contributed by atoms with Crippen LogP contribution in [0.4, 0.5) is 13.2 Å². The number of nitrogens with zero attached hydrogens (tertiary/aromatic N) is 2. The normalized spacial score (nSPS) is 15.8. The van der Waals surface area contributed by atoms with Crippen LogP contribution < -0.4 is 9.47 Å². The molecule has 5 nitrogen and oxygen atoms in total. The molecule has 1 N–H and O–H groups in total. The van der Waals surface area contributed by atoms with Crippen LogP contribution in [0.3, 0.4) is 0 Å². The Balaban J connectivity index is 1.29. The number of aryl methyl sites for hydroxylation is 2. The number of methoxy groups -OCH3 is 1. The Kier molecular flexibility index (Phi) is 8.36. The maximum absolute atomic E-state index is 13.4. The van der Waals surface area contributed by atoms with E-state index in [1.807, 2.05) is 24.4 Å². The van der Waals surface area contributed by atoms with Crippen molar-refractivity contribution in [3.63, 3.8) is 0 Å². The van der Waals surface area contributed by atoms with Crippen LogP contribution in [0.5, 0.6) is 11.5 Å². The molecule has 1 aliphatic rings. The molecule has 1 saturated heterocycles. The highest BCUT2D eigenvalue weighted by Crippen LogP contribution is 2.37. The molecule has 0 saturated carbocycles. The molecule has 0 atom stereocenters. The van der Waals surface area contributed by atoms with Crippen LogP contribution in [0.2, 0.25) is 0 Å². The van der Waals surface area contributed by atoms with Crippen molar-refractivity contribution < 1.29 is 27.8 Å². The lowest BCUT2D eigenvalue weighted by molar-refractivity contribution is 0.0316. The SMILES string of the molecule is COc1ccc2ncc(C)c(CCCC3(CO)CCN(CCOc4cc(F)c(F)c(F)c4)CC3)c2c1. The number of likely N-dealkylation sites (tertiary alicyclic amines) is 1. The summed E-state index contributed by atoms with van der Waals surface area (Å²) >= 11 is 0. The molecule has 0 bridgehead atoms. The van der Waals surface area contributed by atoms with Crippen molar-refractivity contribution in [3.8, 4) is 11.5 Å². The van der Waals surface area contributed by atoms with Gasteiger partial charge in [-0.05, 0) is 86.9 Å². The maximum atomic E-state index is 13.4. The number of aliphatic hydroxyl groups excluding tert-OH is 1. The molecule has 1 aromatic heterocycles. The molecule has 0 spiro atoms. The molecule has 36 heavy (non-hydrogen) atoms. The largest absolute Gasteiger partial charge is 0.497 e. The van der Waals surface area contributed by atoms with Gasteiger partial charge >= 0.3 is 0 Å². The molecule has 1 fully saturated rings. The molecule has 0 aliphatic carbocycles. The molecule has 0 radical (unpaired) electrons. The van der Waals surface area contributed by atoms with Crippen LogP contribution in [0.15, 0.2) is 36.5 Å². The Bertz CT molecular complexity index is 1170. The van der Waals surface area contributed by atoms with Gasteiger partial charge < -0.3 is 14.6 Å². The summed E-state index contributed by atoms with van der Waals surface area (Å²) in [6.07, 6.45) is 6.45. The van der Waals surface area contributed by atoms with E-state index in [4.69, 9.17) is 9.47 Å². The number of aromatic nitrogens is 1. The van der Waals surface area contributed by atoms with E-state index in [2.05, 4.69) is 16.8 Å².